The Morgan fingerprint density at radius 1 is 1.07 bits per heavy atom. The van der Waals surface area contributed by atoms with Gasteiger partial charge in [-0.15, -0.1) is 0 Å². The van der Waals surface area contributed by atoms with Crippen LogP contribution in [-0.2, 0) is 10.7 Å². The van der Waals surface area contributed by atoms with Crippen molar-refractivity contribution in [3.63, 3.8) is 0 Å². The fourth-order valence-corrected chi connectivity index (χ4v) is 5.54. The predicted molar refractivity (Wildman–Crippen MR) is 149 cm³/mol. The molecule has 2 aromatic rings. The highest BCUT2D eigenvalue weighted by Gasteiger charge is 2.62. The van der Waals surface area contributed by atoms with Gasteiger partial charge in [0.15, 0.2) is 5.54 Å². The number of benzene rings is 2. The first-order valence-electron chi connectivity index (χ1n) is 14.4. The van der Waals surface area contributed by atoms with E-state index >= 15 is 0 Å². The number of hydrogen-bond acceptors (Lipinski definition) is 4. The van der Waals surface area contributed by atoms with Crippen molar-refractivity contribution in [1.82, 2.24) is 10.2 Å². The minimum atomic E-state index is -3.22. The zero-order valence-electron chi connectivity index (χ0n) is 24.1. The summed E-state index contributed by atoms with van der Waals surface area (Å²) >= 11 is 0. The van der Waals surface area contributed by atoms with Crippen LogP contribution in [0.15, 0.2) is 42.5 Å². The average molecular weight is 595 g/mol. The third-order valence-corrected chi connectivity index (χ3v) is 7.88. The summed E-state index contributed by atoms with van der Waals surface area (Å²) in [6.07, 6.45) is -0.831. The summed E-state index contributed by atoms with van der Waals surface area (Å²) in [6, 6.07) is 9.21. The second-order valence-corrected chi connectivity index (χ2v) is 11.1. The van der Waals surface area contributed by atoms with Gasteiger partial charge in [-0.25, -0.2) is 27.2 Å². The van der Waals surface area contributed by atoms with Gasteiger partial charge in [-0.3, -0.25) is 0 Å². The van der Waals surface area contributed by atoms with Gasteiger partial charge in [-0.2, -0.15) is 0 Å². The second kappa shape index (κ2) is 12.4. The lowest BCUT2D eigenvalue weighted by Gasteiger charge is -2.45. The number of alkyl halides is 4. The Morgan fingerprint density at radius 3 is 2.12 bits per heavy atom. The minimum Gasteiger partial charge on any atom is -0.493 e. The Morgan fingerprint density at radius 2 is 1.64 bits per heavy atom. The molecule has 0 aliphatic heterocycles. The third-order valence-electron chi connectivity index (χ3n) is 7.88. The molecule has 42 heavy (non-hydrogen) atoms. The van der Waals surface area contributed by atoms with E-state index in [-0.39, 0.29) is 24.4 Å². The maximum atomic E-state index is 14.9. The van der Waals surface area contributed by atoms with Gasteiger partial charge in [0.2, 0.25) is 0 Å². The standard InChI is InChI=1S/C31H38F4N2O5/c1-4-41-24-16-22(17-25(42-5-2)26(24)21-12-13-21)20(3)37(15-9-14-31(34,35)23-10-7-6-8-11-23)28(40)36-29(27(38)39)18-30(32,33)19-29/h6-8,10-11,16-17,20-21H,4-5,9,12-15,18-19H2,1-3H3,(H,36,40)(H,38,39)/t20-/m1/s1. The van der Waals surface area contributed by atoms with Crippen LogP contribution < -0.4 is 14.8 Å². The first-order valence-corrected chi connectivity index (χ1v) is 14.4. The van der Waals surface area contributed by atoms with Crippen LogP contribution in [0.3, 0.4) is 0 Å². The molecule has 2 fully saturated rings. The Kier molecular flexibility index (Phi) is 9.27. The van der Waals surface area contributed by atoms with Crippen LogP contribution in [0.4, 0.5) is 22.4 Å². The number of amides is 2. The number of carboxylic acids is 1. The second-order valence-electron chi connectivity index (χ2n) is 11.1. The topological polar surface area (TPSA) is 88.1 Å². The van der Waals surface area contributed by atoms with E-state index in [0.29, 0.717) is 30.3 Å². The molecule has 0 bridgehead atoms. The molecule has 0 radical (unpaired) electrons. The van der Waals surface area contributed by atoms with Crippen molar-refractivity contribution >= 4 is 12.0 Å². The predicted octanol–water partition coefficient (Wildman–Crippen LogP) is 7.26. The molecule has 2 aromatic carbocycles. The number of halogens is 4. The molecule has 0 aromatic heterocycles. The molecule has 0 spiro atoms. The lowest BCUT2D eigenvalue weighted by atomic mass is 9.73. The van der Waals surface area contributed by atoms with Crippen molar-refractivity contribution < 1.29 is 41.7 Å². The van der Waals surface area contributed by atoms with Crippen molar-refractivity contribution in [3.05, 3.63) is 59.2 Å². The van der Waals surface area contributed by atoms with Gasteiger partial charge >= 0.3 is 12.0 Å². The Balaban J connectivity index is 1.63. The zero-order valence-corrected chi connectivity index (χ0v) is 24.1. The molecule has 0 heterocycles. The van der Waals surface area contributed by atoms with Crippen molar-refractivity contribution in [2.24, 2.45) is 0 Å². The Labute approximate surface area is 243 Å². The summed E-state index contributed by atoms with van der Waals surface area (Å²) in [4.78, 5) is 26.7. The third kappa shape index (κ3) is 6.93. The largest absolute Gasteiger partial charge is 0.493 e. The van der Waals surface area contributed by atoms with E-state index in [4.69, 9.17) is 9.47 Å². The van der Waals surface area contributed by atoms with E-state index in [1.165, 1.54) is 29.2 Å². The van der Waals surface area contributed by atoms with E-state index in [0.717, 1.165) is 18.4 Å². The molecule has 2 aliphatic rings. The zero-order chi connectivity index (χ0) is 30.7. The minimum absolute atomic E-state index is 0.132. The maximum absolute atomic E-state index is 14.9. The first-order chi connectivity index (χ1) is 19.8. The number of ether oxygens (including phenoxy) is 2. The summed E-state index contributed by atoms with van der Waals surface area (Å²) < 4.78 is 69.3. The van der Waals surface area contributed by atoms with Crippen molar-refractivity contribution in [2.45, 2.75) is 88.6 Å². The van der Waals surface area contributed by atoms with Gasteiger partial charge in [0.1, 0.15) is 11.5 Å². The highest BCUT2D eigenvalue weighted by Crippen LogP contribution is 2.50. The van der Waals surface area contributed by atoms with Crippen LogP contribution in [0, 0.1) is 0 Å². The van der Waals surface area contributed by atoms with Crippen molar-refractivity contribution in [2.75, 3.05) is 19.8 Å². The number of carboxylic acid groups (broad SMARTS) is 1. The summed E-state index contributed by atoms with van der Waals surface area (Å²) in [5.41, 5.74) is -0.779. The average Bonchev–Trinajstić information content (AvgIpc) is 3.75. The quantitative estimate of drug-likeness (QED) is 0.225. The van der Waals surface area contributed by atoms with E-state index in [2.05, 4.69) is 5.32 Å². The summed E-state index contributed by atoms with van der Waals surface area (Å²) in [5.74, 6) is -6.48. The lowest BCUT2D eigenvalue weighted by Crippen LogP contribution is -2.68. The van der Waals surface area contributed by atoms with E-state index in [1.54, 1.807) is 25.1 Å². The molecule has 7 nitrogen and oxygen atoms in total. The SMILES string of the molecule is CCOc1cc([C@@H](C)N(CCCC(F)(F)c2ccccc2)C(=O)NC2(C(=O)O)CC(F)(F)C2)cc(OCC)c1C1CC1. The number of nitrogens with zero attached hydrogens (tertiary/aromatic N) is 1. The molecular formula is C31H38F4N2O5. The smallest absolute Gasteiger partial charge is 0.329 e. The van der Waals surface area contributed by atoms with Gasteiger partial charge in [-0.1, -0.05) is 30.3 Å². The normalized spacial score (nSPS) is 18.0. The van der Waals surface area contributed by atoms with Crippen molar-refractivity contribution in [1.29, 1.82) is 0 Å². The fraction of sp³-hybridized carbons (Fsp3) is 0.548. The summed E-state index contributed by atoms with van der Waals surface area (Å²) in [6.45, 7) is 5.96. The molecule has 230 valence electrons. The van der Waals surface area contributed by atoms with Gasteiger partial charge in [0.25, 0.3) is 11.8 Å². The van der Waals surface area contributed by atoms with E-state index < -0.39 is 54.7 Å². The molecule has 2 saturated carbocycles. The van der Waals surface area contributed by atoms with Gasteiger partial charge < -0.3 is 24.8 Å². The van der Waals surface area contributed by atoms with Crippen molar-refractivity contribution in [3.8, 4) is 11.5 Å². The van der Waals surface area contributed by atoms with E-state index in [9.17, 15) is 32.3 Å². The molecule has 0 saturated heterocycles. The number of carbonyl (C=O) groups is 2. The molecule has 2 N–H and O–H groups in total. The highest BCUT2D eigenvalue weighted by atomic mass is 19.3. The van der Waals surface area contributed by atoms with Crippen LogP contribution in [0.1, 0.15) is 87.9 Å². The Bertz CT molecular complexity index is 1230. The van der Waals surface area contributed by atoms with Crippen LogP contribution in [0.5, 0.6) is 11.5 Å². The van der Waals surface area contributed by atoms with Gasteiger partial charge in [0.05, 0.1) is 19.3 Å². The summed E-state index contributed by atoms with van der Waals surface area (Å²) in [7, 11) is 0. The Hall–Kier alpha value is -3.50. The van der Waals surface area contributed by atoms with Gasteiger partial charge in [0, 0.05) is 36.9 Å². The molecule has 2 amide bonds. The number of rotatable bonds is 14. The highest BCUT2D eigenvalue weighted by molar-refractivity contribution is 5.88. The molecule has 11 heteroatoms. The first kappa shape index (κ1) is 31.4. The van der Waals surface area contributed by atoms with Crippen LogP contribution in [-0.4, -0.2) is 53.2 Å². The maximum Gasteiger partial charge on any atom is 0.329 e. The monoisotopic (exact) mass is 594 g/mol. The summed E-state index contributed by atoms with van der Waals surface area (Å²) in [5, 5.41) is 12.0. The number of urea groups is 1. The molecule has 0 unspecified atom stereocenters. The fourth-order valence-electron chi connectivity index (χ4n) is 5.54. The number of nitrogens with one attached hydrogen (secondary N) is 1. The number of aliphatic carboxylic acids is 1. The van der Waals surface area contributed by atoms with Crippen LogP contribution in [0.25, 0.3) is 0 Å². The van der Waals surface area contributed by atoms with Crippen LogP contribution in [0.2, 0.25) is 0 Å². The van der Waals surface area contributed by atoms with Crippen LogP contribution >= 0.6 is 0 Å². The van der Waals surface area contributed by atoms with Gasteiger partial charge in [-0.05, 0) is 63.6 Å². The number of carbonyl (C=O) groups excluding carboxylic acids is 1. The number of hydrogen-bond donors (Lipinski definition) is 2. The molecule has 4 rings (SSSR count). The lowest BCUT2D eigenvalue weighted by molar-refractivity contribution is -0.175. The van der Waals surface area contributed by atoms with E-state index in [1.807, 2.05) is 13.8 Å². The molecule has 2 aliphatic carbocycles. The molecule has 1 atom stereocenters. The molecular weight excluding hydrogens is 556 g/mol.